The molecule has 0 rings (SSSR count). The highest BCUT2D eigenvalue weighted by molar-refractivity contribution is 5.89. The monoisotopic (exact) mass is 268 g/mol. The van der Waals surface area contributed by atoms with E-state index < -0.39 is 17.4 Å². The number of rotatable bonds is 7. The predicted molar refractivity (Wildman–Crippen MR) is 70.3 cm³/mol. The Morgan fingerprint density at radius 2 is 1.21 bits per heavy atom. The van der Waals surface area contributed by atoms with Crippen LogP contribution < -0.4 is 0 Å². The zero-order valence-electron chi connectivity index (χ0n) is 11.9. The Balaban J connectivity index is 4.64. The van der Waals surface area contributed by atoms with E-state index in [4.69, 9.17) is 9.47 Å². The molecule has 0 N–H and O–H groups in total. The maximum Gasteiger partial charge on any atom is 0.333 e. The second-order valence-corrected chi connectivity index (χ2v) is 4.83. The molecule has 0 atom stereocenters. The third kappa shape index (κ3) is 5.50. The molecule has 0 aliphatic rings. The van der Waals surface area contributed by atoms with Gasteiger partial charge >= 0.3 is 11.9 Å². The van der Waals surface area contributed by atoms with Gasteiger partial charge in [-0.05, 0) is 27.7 Å². The second-order valence-electron chi connectivity index (χ2n) is 4.83. The van der Waals surface area contributed by atoms with Gasteiger partial charge in [0.2, 0.25) is 0 Å². The molecule has 0 aromatic heterocycles. The zero-order valence-corrected chi connectivity index (χ0v) is 11.9. The van der Waals surface area contributed by atoms with Crippen molar-refractivity contribution in [2.24, 2.45) is 5.41 Å². The Labute approximate surface area is 113 Å². The summed E-state index contributed by atoms with van der Waals surface area (Å²) in [5.41, 5.74) is -0.592. The van der Waals surface area contributed by atoms with Crippen LogP contribution in [0.4, 0.5) is 0 Å². The minimum absolute atomic E-state index is 0.169. The third-order valence-electron chi connectivity index (χ3n) is 2.59. The molecule has 19 heavy (non-hydrogen) atoms. The van der Waals surface area contributed by atoms with Crippen LogP contribution in [-0.2, 0) is 23.9 Å². The van der Waals surface area contributed by atoms with Crippen molar-refractivity contribution in [2.75, 3.05) is 13.2 Å². The number of hydrogen-bond acceptors (Lipinski definition) is 5. The van der Waals surface area contributed by atoms with Crippen molar-refractivity contribution in [1.29, 1.82) is 0 Å². The van der Waals surface area contributed by atoms with Gasteiger partial charge in [-0.1, -0.05) is 13.2 Å². The minimum Gasteiger partial charge on any atom is -0.461 e. The van der Waals surface area contributed by atoms with Gasteiger partial charge in [0, 0.05) is 11.1 Å². The first-order valence-electron chi connectivity index (χ1n) is 5.76. The lowest BCUT2D eigenvalue weighted by molar-refractivity contribution is -0.152. The summed E-state index contributed by atoms with van der Waals surface area (Å²) in [5.74, 6) is -1.41. The van der Waals surface area contributed by atoms with Gasteiger partial charge in [0.05, 0.1) is 5.41 Å². The van der Waals surface area contributed by atoms with Crippen LogP contribution in [-0.4, -0.2) is 30.9 Å². The molecule has 0 unspecified atom stereocenters. The van der Waals surface area contributed by atoms with Crippen molar-refractivity contribution in [3.05, 3.63) is 24.3 Å². The Hall–Kier alpha value is -1.91. The maximum atomic E-state index is 11.6. The third-order valence-corrected chi connectivity index (χ3v) is 2.59. The summed E-state index contributed by atoms with van der Waals surface area (Å²) in [6, 6.07) is 0. The van der Waals surface area contributed by atoms with Crippen molar-refractivity contribution in [1.82, 2.24) is 0 Å². The fourth-order valence-electron chi connectivity index (χ4n) is 0.941. The summed E-state index contributed by atoms with van der Waals surface area (Å²) in [5, 5.41) is 0. The summed E-state index contributed by atoms with van der Waals surface area (Å²) in [4.78, 5) is 34.2. The van der Waals surface area contributed by atoms with E-state index in [1.807, 2.05) is 0 Å². The van der Waals surface area contributed by atoms with Gasteiger partial charge in [-0.2, -0.15) is 0 Å². The van der Waals surface area contributed by atoms with E-state index in [1.165, 1.54) is 20.8 Å². The van der Waals surface area contributed by atoms with Gasteiger partial charge in [0.1, 0.15) is 19.0 Å². The highest BCUT2D eigenvalue weighted by Gasteiger charge is 2.33. The molecule has 5 heteroatoms. The molecule has 106 valence electrons. The normalized spacial score (nSPS) is 10.5. The Morgan fingerprint density at radius 1 is 0.895 bits per heavy atom. The summed E-state index contributed by atoms with van der Waals surface area (Å²) in [6.45, 7) is 12.5. The number of carbonyl (C=O) groups excluding carboxylic acids is 3. The second kappa shape index (κ2) is 6.87. The van der Waals surface area contributed by atoms with Crippen LogP contribution in [0, 0.1) is 5.41 Å². The molecule has 0 aliphatic heterocycles. The first kappa shape index (κ1) is 17.1. The van der Waals surface area contributed by atoms with Gasteiger partial charge in [0.25, 0.3) is 0 Å². The smallest absolute Gasteiger partial charge is 0.333 e. The highest BCUT2D eigenvalue weighted by atomic mass is 16.5. The van der Waals surface area contributed by atoms with Gasteiger partial charge in [-0.15, -0.1) is 0 Å². The molecule has 0 aromatic rings. The van der Waals surface area contributed by atoms with Crippen molar-refractivity contribution in [3.8, 4) is 0 Å². The molecular weight excluding hydrogens is 248 g/mol. The standard InChI is InChI=1S/C14H20O5/c1-9(2)12(16)18-7-14(6,11(5)15)8-19-13(17)10(3)4/h1,3,7-8H2,2,4-6H3. The van der Waals surface area contributed by atoms with Gasteiger partial charge in [-0.25, -0.2) is 9.59 Å². The number of carbonyl (C=O) groups is 3. The van der Waals surface area contributed by atoms with Gasteiger partial charge in [0.15, 0.2) is 0 Å². The molecule has 0 aliphatic carbocycles. The van der Waals surface area contributed by atoms with Crippen LogP contribution >= 0.6 is 0 Å². The summed E-state index contributed by atoms with van der Waals surface area (Å²) >= 11 is 0. The molecule has 0 saturated heterocycles. The highest BCUT2D eigenvalue weighted by Crippen LogP contribution is 2.20. The quantitative estimate of drug-likeness (QED) is 0.520. The number of esters is 2. The van der Waals surface area contributed by atoms with E-state index in [2.05, 4.69) is 13.2 Å². The lowest BCUT2D eigenvalue weighted by Crippen LogP contribution is -2.37. The molecule has 0 fully saturated rings. The Kier molecular flexibility index (Phi) is 6.18. The minimum atomic E-state index is -1.07. The van der Waals surface area contributed by atoms with Crippen LogP contribution in [0.15, 0.2) is 24.3 Å². The number of ketones is 1. The fourth-order valence-corrected chi connectivity index (χ4v) is 0.941. The van der Waals surface area contributed by atoms with Gasteiger partial charge < -0.3 is 9.47 Å². The largest absolute Gasteiger partial charge is 0.461 e. The Morgan fingerprint density at radius 3 is 1.42 bits per heavy atom. The van der Waals surface area contributed by atoms with E-state index in [-0.39, 0.29) is 30.1 Å². The molecule has 0 amide bonds. The number of hydrogen-bond donors (Lipinski definition) is 0. The van der Waals surface area contributed by atoms with E-state index in [1.54, 1.807) is 6.92 Å². The first-order valence-corrected chi connectivity index (χ1v) is 5.76. The first-order chi connectivity index (χ1) is 8.60. The van der Waals surface area contributed by atoms with Crippen LogP contribution in [0.2, 0.25) is 0 Å². The zero-order chi connectivity index (χ0) is 15.2. The average molecular weight is 268 g/mol. The SMILES string of the molecule is C=C(C)C(=O)OCC(C)(COC(=O)C(=C)C)C(C)=O. The van der Waals surface area contributed by atoms with E-state index in [0.717, 1.165) is 0 Å². The molecule has 0 saturated carbocycles. The topological polar surface area (TPSA) is 69.7 Å². The molecular formula is C14H20O5. The summed E-state index contributed by atoms with van der Waals surface area (Å²) in [7, 11) is 0. The summed E-state index contributed by atoms with van der Waals surface area (Å²) < 4.78 is 9.90. The molecule has 0 heterocycles. The lowest BCUT2D eigenvalue weighted by atomic mass is 9.88. The van der Waals surface area contributed by atoms with Crippen LogP contribution in [0.25, 0.3) is 0 Å². The van der Waals surface area contributed by atoms with E-state index >= 15 is 0 Å². The lowest BCUT2D eigenvalue weighted by Gasteiger charge is -2.25. The molecule has 0 aromatic carbocycles. The Bertz CT molecular complexity index is 390. The molecule has 5 nitrogen and oxygen atoms in total. The predicted octanol–water partition coefficient (Wildman–Crippen LogP) is 1.82. The number of ether oxygens (including phenoxy) is 2. The van der Waals surface area contributed by atoms with Crippen molar-refractivity contribution in [3.63, 3.8) is 0 Å². The van der Waals surface area contributed by atoms with Crippen LogP contribution in [0.3, 0.4) is 0 Å². The van der Waals surface area contributed by atoms with Crippen molar-refractivity contribution >= 4 is 17.7 Å². The molecule has 0 radical (unpaired) electrons. The van der Waals surface area contributed by atoms with Gasteiger partial charge in [-0.3, -0.25) is 4.79 Å². The molecule has 0 spiro atoms. The van der Waals surface area contributed by atoms with Crippen LogP contribution in [0.1, 0.15) is 27.7 Å². The maximum absolute atomic E-state index is 11.6. The summed E-state index contributed by atoms with van der Waals surface area (Å²) in [6.07, 6.45) is 0. The van der Waals surface area contributed by atoms with Crippen molar-refractivity contribution < 1.29 is 23.9 Å². The van der Waals surface area contributed by atoms with Crippen molar-refractivity contribution in [2.45, 2.75) is 27.7 Å². The number of Topliss-reactive ketones (excluding diaryl/α,β-unsaturated/α-hetero) is 1. The van der Waals surface area contributed by atoms with Crippen LogP contribution in [0.5, 0.6) is 0 Å². The van der Waals surface area contributed by atoms with E-state index in [9.17, 15) is 14.4 Å². The average Bonchev–Trinajstić information content (AvgIpc) is 2.32. The molecule has 0 bridgehead atoms. The van der Waals surface area contributed by atoms with E-state index in [0.29, 0.717) is 0 Å². The fraction of sp³-hybridized carbons (Fsp3) is 0.500.